The number of nitrogens with zero attached hydrogens (tertiary/aromatic N) is 6. The van der Waals surface area contributed by atoms with Crippen molar-refractivity contribution < 1.29 is 29.5 Å². The van der Waals surface area contributed by atoms with Crippen LogP contribution in [0, 0.1) is 60.7 Å². The summed E-state index contributed by atoms with van der Waals surface area (Å²) >= 11 is 0. The van der Waals surface area contributed by atoms with Gasteiger partial charge in [-0.3, -0.25) is 60.7 Å². The summed E-state index contributed by atoms with van der Waals surface area (Å²) in [7, 11) is 0. The highest BCUT2D eigenvalue weighted by Gasteiger charge is 2.31. The van der Waals surface area contributed by atoms with E-state index in [-0.39, 0.29) is 25.9 Å². The van der Waals surface area contributed by atoms with Crippen molar-refractivity contribution in [2.75, 3.05) is 23.7 Å². The highest BCUT2D eigenvalue weighted by atomic mass is 16.6. The number of nitrogens with one attached hydrogen (secondary N) is 2. The van der Waals surface area contributed by atoms with Gasteiger partial charge in [0, 0.05) is 13.1 Å². The van der Waals surface area contributed by atoms with Crippen molar-refractivity contribution >= 4 is 45.5 Å². The first-order chi connectivity index (χ1) is 16.8. The van der Waals surface area contributed by atoms with E-state index in [1.54, 1.807) is 0 Å². The quantitative estimate of drug-likeness (QED) is 0.222. The summed E-state index contributed by atoms with van der Waals surface area (Å²) in [6.07, 6.45) is 0.264. The molecule has 20 heteroatoms. The van der Waals surface area contributed by atoms with Gasteiger partial charge in [0.05, 0.1) is 53.8 Å². The van der Waals surface area contributed by atoms with Gasteiger partial charge in [-0.25, -0.2) is 0 Å². The summed E-state index contributed by atoms with van der Waals surface area (Å²) in [5, 5.41) is 71.8. The highest BCUT2D eigenvalue weighted by Crippen LogP contribution is 2.39. The first kappa shape index (κ1) is 26.7. The highest BCUT2D eigenvalue weighted by molar-refractivity contribution is 5.78. The topological polar surface area (TPSA) is 283 Å². The van der Waals surface area contributed by atoms with E-state index in [0.29, 0.717) is 24.3 Å². The second-order valence-corrected chi connectivity index (χ2v) is 6.82. The third-order valence-corrected chi connectivity index (χ3v) is 4.58. The summed E-state index contributed by atoms with van der Waals surface area (Å²) in [4.78, 5) is 60.7. The van der Waals surface area contributed by atoms with Crippen molar-refractivity contribution in [2.45, 2.75) is 12.8 Å². The molecule has 0 aliphatic heterocycles. The van der Waals surface area contributed by atoms with E-state index in [1.807, 2.05) is 0 Å². The van der Waals surface area contributed by atoms with Crippen LogP contribution in [0.15, 0.2) is 24.3 Å². The Labute approximate surface area is 197 Å². The smallest absolute Gasteiger partial charge is 0.306 e. The minimum atomic E-state index is -1.03. The lowest BCUT2D eigenvalue weighted by Gasteiger charge is -2.09. The zero-order valence-corrected chi connectivity index (χ0v) is 17.7. The monoisotopic (exact) mass is 510 g/mol. The van der Waals surface area contributed by atoms with Crippen LogP contribution in [-0.4, -0.2) is 42.6 Å². The summed E-state index contributed by atoms with van der Waals surface area (Å²) in [6.45, 7) is -0.239. The van der Waals surface area contributed by atoms with Crippen LogP contribution in [0.4, 0.5) is 45.5 Å². The Morgan fingerprint density at radius 1 is 0.472 bits per heavy atom. The van der Waals surface area contributed by atoms with E-state index in [4.69, 9.17) is 0 Å². The molecule has 0 aliphatic rings. The molecule has 0 fully saturated rings. The number of rotatable bonds is 13. The average Bonchev–Trinajstić information content (AvgIpc) is 2.79. The molecule has 0 spiro atoms. The predicted octanol–water partition coefficient (Wildman–Crippen LogP) is 3.44. The fraction of sp³-hybridized carbons (Fsp3) is 0.250. The van der Waals surface area contributed by atoms with Gasteiger partial charge in [-0.1, -0.05) is 0 Å². The lowest BCUT2D eigenvalue weighted by atomic mass is 10.2. The summed E-state index contributed by atoms with van der Waals surface area (Å²) in [6, 6.07) is 2.24. The number of hydrogen-bond acceptors (Lipinski definition) is 14. The fourth-order valence-corrected chi connectivity index (χ4v) is 3.02. The molecule has 0 amide bonds. The Balaban J connectivity index is 2.15. The number of nitro groups is 6. The molecular weight excluding hydrogens is 496 g/mol. The maximum absolute atomic E-state index is 11.3. The number of hydrogen-bond donors (Lipinski definition) is 2. The Morgan fingerprint density at radius 3 is 0.917 bits per heavy atom. The summed E-state index contributed by atoms with van der Waals surface area (Å²) in [5.41, 5.74) is -6.42. The van der Waals surface area contributed by atoms with Crippen LogP contribution in [0.25, 0.3) is 0 Å². The second kappa shape index (κ2) is 11.0. The van der Waals surface area contributed by atoms with E-state index in [1.165, 1.54) is 0 Å². The molecule has 2 aromatic rings. The molecular formula is C16H14N8O12. The molecule has 0 radical (unpaired) electrons. The van der Waals surface area contributed by atoms with Crippen LogP contribution in [0.3, 0.4) is 0 Å². The molecule has 2 N–H and O–H groups in total. The first-order valence-corrected chi connectivity index (χ1v) is 9.55. The molecule has 2 aromatic carbocycles. The molecule has 190 valence electrons. The van der Waals surface area contributed by atoms with Gasteiger partial charge in [0.2, 0.25) is 0 Å². The number of anilines is 2. The van der Waals surface area contributed by atoms with Crippen LogP contribution >= 0.6 is 0 Å². The Bertz CT molecular complexity index is 1110. The van der Waals surface area contributed by atoms with Crippen molar-refractivity contribution in [3.05, 3.63) is 85.0 Å². The Kier molecular flexibility index (Phi) is 8.19. The maximum atomic E-state index is 11.3. The number of unbranched alkanes of at least 4 members (excludes halogenated alkanes) is 1. The molecule has 20 nitrogen and oxygen atoms in total. The number of nitro benzene ring substituents is 6. The van der Waals surface area contributed by atoms with Crippen molar-refractivity contribution in [3.8, 4) is 0 Å². The molecule has 0 bridgehead atoms. The molecule has 0 heterocycles. The zero-order chi connectivity index (χ0) is 27.2. The minimum Gasteiger partial charge on any atom is -0.374 e. The van der Waals surface area contributed by atoms with Gasteiger partial charge in [0.1, 0.15) is 0 Å². The standard InChI is InChI=1S/C16H14N8O12/c25-19(26)9-5-11(21(29)30)15(12(6-9)22(31)32)17-3-1-2-4-18-16-13(23(33)34)7-10(20(27)28)8-14(16)24(35)36/h5-8,17-18H,1-4H2. The maximum Gasteiger partial charge on any atom is 0.306 e. The SMILES string of the molecule is O=[N+]([O-])c1cc([N+](=O)[O-])c(NCCCCNc2c([N+](=O)[O-])cc([N+](=O)[O-])cc2[N+](=O)[O-])c([N+](=O)[O-])c1. The van der Waals surface area contributed by atoms with Crippen molar-refractivity contribution in [1.82, 2.24) is 0 Å². The lowest BCUT2D eigenvalue weighted by molar-refractivity contribution is -0.402. The summed E-state index contributed by atoms with van der Waals surface area (Å²) in [5.74, 6) is 0. The normalized spacial score (nSPS) is 10.3. The number of benzene rings is 2. The van der Waals surface area contributed by atoms with E-state index in [9.17, 15) is 60.7 Å². The molecule has 0 saturated heterocycles. The van der Waals surface area contributed by atoms with Gasteiger partial charge in [-0.15, -0.1) is 0 Å². The van der Waals surface area contributed by atoms with Crippen molar-refractivity contribution in [1.29, 1.82) is 0 Å². The first-order valence-electron chi connectivity index (χ1n) is 9.55. The molecule has 0 saturated carbocycles. The molecule has 2 rings (SSSR count). The van der Waals surface area contributed by atoms with Gasteiger partial charge in [0.25, 0.3) is 11.4 Å². The van der Waals surface area contributed by atoms with E-state index < -0.39 is 75.0 Å². The lowest BCUT2D eigenvalue weighted by Crippen LogP contribution is -2.11. The van der Waals surface area contributed by atoms with Crippen molar-refractivity contribution in [2.24, 2.45) is 0 Å². The zero-order valence-electron chi connectivity index (χ0n) is 17.7. The Hall–Kier alpha value is -5.56. The molecule has 0 aliphatic carbocycles. The minimum absolute atomic E-state index is 0.119. The van der Waals surface area contributed by atoms with Crippen LogP contribution < -0.4 is 10.6 Å². The second-order valence-electron chi connectivity index (χ2n) is 6.82. The average molecular weight is 510 g/mol. The third-order valence-electron chi connectivity index (χ3n) is 4.58. The fourth-order valence-electron chi connectivity index (χ4n) is 3.02. The van der Waals surface area contributed by atoms with Crippen LogP contribution in [0.1, 0.15) is 12.8 Å². The molecule has 0 unspecified atom stereocenters. The van der Waals surface area contributed by atoms with E-state index in [0.717, 1.165) is 0 Å². The molecule has 0 atom stereocenters. The Morgan fingerprint density at radius 2 is 0.722 bits per heavy atom. The van der Waals surface area contributed by atoms with Gasteiger partial charge >= 0.3 is 22.7 Å². The van der Waals surface area contributed by atoms with Gasteiger partial charge < -0.3 is 10.6 Å². The van der Waals surface area contributed by atoms with E-state index in [2.05, 4.69) is 10.6 Å². The largest absolute Gasteiger partial charge is 0.374 e. The van der Waals surface area contributed by atoms with Gasteiger partial charge in [-0.2, -0.15) is 0 Å². The molecule has 36 heavy (non-hydrogen) atoms. The van der Waals surface area contributed by atoms with E-state index >= 15 is 0 Å². The van der Waals surface area contributed by atoms with Crippen LogP contribution in [-0.2, 0) is 0 Å². The van der Waals surface area contributed by atoms with Crippen molar-refractivity contribution in [3.63, 3.8) is 0 Å². The van der Waals surface area contributed by atoms with Crippen LogP contribution in [0.5, 0.6) is 0 Å². The van der Waals surface area contributed by atoms with Gasteiger partial charge in [0.15, 0.2) is 11.4 Å². The molecule has 0 aromatic heterocycles. The summed E-state index contributed by atoms with van der Waals surface area (Å²) < 4.78 is 0. The number of non-ortho nitro benzene ring substituents is 2. The van der Waals surface area contributed by atoms with Gasteiger partial charge in [-0.05, 0) is 12.8 Å². The predicted molar refractivity (Wildman–Crippen MR) is 119 cm³/mol. The third kappa shape index (κ3) is 6.06. The van der Waals surface area contributed by atoms with Crippen LogP contribution in [0.2, 0.25) is 0 Å².